The molecular formula is C22H22FN3O3S2. The van der Waals surface area contributed by atoms with E-state index in [-0.39, 0.29) is 36.0 Å². The Kier molecular flexibility index (Phi) is 6.84. The third-order valence-electron chi connectivity index (χ3n) is 5.07. The van der Waals surface area contributed by atoms with Crippen LogP contribution in [0.25, 0.3) is 6.08 Å². The molecule has 1 aromatic heterocycles. The SMILES string of the molecule is O=C(CN(Cc1cccs1)C1CC1)NCCN1C(=O)S/C(=C\c2ccccc2F)C1=O. The summed E-state index contributed by atoms with van der Waals surface area (Å²) in [6.07, 6.45) is 3.59. The molecule has 162 valence electrons. The van der Waals surface area contributed by atoms with Gasteiger partial charge in [0.1, 0.15) is 5.82 Å². The van der Waals surface area contributed by atoms with E-state index in [4.69, 9.17) is 0 Å². The van der Waals surface area contributed by atoms with Crippen molar-refractivity contribution in [2.45, 2.75) is 25.4 Å². The van der Waals surface area contributed by atoms with Crippen molar-refractivity contribution in [3.63, 3.8) is 0 Å². The van der Waals surface area contributed by atoms with Gasteiger partial charge < -0.3 is 5.32 Å². The molecule has 2 heterocycles. The highest BCUT2D eigenvalue weighted by Gasteiger charge is 2.35. The molecule has 1 aromatic carbocycles. The summed E-state index contributed by atoms with van der Waals surface area (Å²) < 4.78 is 13.8. The number of thioether (sulfide) groups is 1. The number of amides is 3. The number of carbonyl (C=O) groups is 3. The van der Waals surface area contributed by atoms with Crippen molar-refractivity contribution in [2.24, 2.45) is 0 Å². The molecule has 31 heavy (non-hydrogen) atoms. The lowest BCUT2D eigenvalue weighted by atomic mass is 10.2. The Morgan fingerprint density at radius 3 is 2.74 bits per heavy atom. The van der Waals surface area contributed by atoms with Crippen LogP contribution in [0.5, 0.6) is 0 Å². The van der Waals surface area contributed by atoms with Crippen LogP contribution in [-0.4, -0.2) is 52.5 Å². The average Bonchev–Trinajstić information content (AvgIpc) is 3.41. The van der Waals surface area contributed by atoms with E-state index in [1.54, 1.807) is 29.5 Å². The van der Waals surface area contributed by atoms with E-state index in [0.717, 1.165) is 36.0 Å². The summed E-state index contributed by atoms with van der Waals surface area (Å²) in [7, 11) is 0. The zero-order chi connectivity index (χ0) is 21.8. The summed E-state index contributed by atoms with van der Waals surface area (Å²) in [5.74, 6) is -1.05. The second kappa shape index (κ2) is 9.76. The maximum absolute atomic E-state index is 13.8. The number of hydrogen-bond donors (Lipinski definition) is 1. The molecule has 0 radical (unpaired) electrons. The van der Waals surface area contributed by atoms with Gasteiger partial charge in [0.2, 0.25) is 5.91 Å². The van der Waals surface area contributed by atoms with Crippen molar-refractivity contribution >= 4 is 46.2 Å². The van der Waals surface area contributed by atoms with Crippen molar-refractivity contribution < 1.29 is 18.8 Å². The van der Waals surface area contributed by atoms with Crippen LogP contribution in [0.2, 0.25) is 0 Å². The van der Waals surface area contributed by atoms with Gasteiger partial charge in [0, 0.05) is 36.1 Å². The van der Waals surface area contributed by atoms with Crippen LogP contribution in [0.4, 0.5) is 9.18 Å². The Morgan fingerprint density at radius 1 is 1.23 bits per heavy atom. The van der Waals surface area contributed by atoms with E-state index in [0.29, 0.717) is 6.04 Å². The molecule has 9 heteroatoms. The monoisotopic (exact) mass is 459 g/mol. The fourth-order valence-electron chi connectivity index (χ4n) is 3.33. The first-order chi connectivity index (χ1) is 15.0. The highest BCUT2D eigenvalue weighted by molar-refractivity contribution is 8.18. The van der Waals surface area contributed by atoms with Crippen molar-refractivity contribution in [1.82, 2.24) is 15.1 Å². The van der Waals surface area contributed by atoms with Crippen molar-refractivity contribution in [1.29, 1.82) is 0 Å². The standard InChI is InChI=1S/C22H22FN3O3S2/c23-18-6-2-1-4-15(18)12-19-21(28)26(22(29)31-19)10-9-24-20(27)14-25(16-7-8-16)13-17-5-3-11-30-17/h1-6,11-12,16H,7-10,13-14H2,(H,24,27)/b19-12-. The van der Waals surface area contributed by atoms with Gasteiger partial charge in [0.05, 0.1) is 11.4 Å². The highest BCUT2D eigenvalue weighted by atomic mass is 32.2. The Morgan fingerprint density at radius 2 is 2.03 bits per heavy atom. The number of imide groups is 1. The lowest BCUT2D eigenvalue weighted by Crippen LogP contribution is -2.42. The second-order valence-corrected chi connectivity index (χ2v) is 9.45. The Hall–Kier alpha value is -2.49. The molecule has 1 aliphatic carbocycles. The molecule has 1 N–H and O–H groups in total. The maximum Gasteiger partial charge on any atom is 0.293 e. The summed E-state index contributed by atoms with van der Waals surface area (Å²) in [5.41, 5.74) is 0.257. The molecule has 2 aromatic rings. The van der Waals surface area contributed by atoms with Gasteiger partial charge in [0.15, 0.2) is 0 Å². The minimum absolute atomic E-state index is 0.0827. The maximum atomic E-state index is 13.8. The summed E-state index contributed by atoms with van der Waals surface area (Å²) in [6.45, 7) is 1.30. The van der Waals surface area contributed by atoms with Crippen molar-refractivity contribution in [3.05, 3.63) is 62.9 Å². The van der Waals surface area contributed by atoms with E-state index in [2.05, 4.69) is 16.3 Å². The first-order valence-corrected chi connectivity index (χ1v) is 11.7. The van der Waals surface area contributed by atoms with Crippen LogP contribution >= 0.6 is 23.1 Å². The molecule has 2 fully saturated rings. The fourth-order valence-corrected chi connectivity index (χ4v) is 4.92. The quantitative estimate of drug-likeness (QED) is 0.579. The minimum atomic E-state index is -0.468. The number of thiophene rings is 1. The lowest BCUT2D eigenvalue weighted by molar-refractivity contribution is -0.125. The van der Waals surface area contributed by atoms with Gasteiger partial charge in [0.25, 0.3) is 11.1 Å². The lowest BCUT2D eigenvalue weighted by Gasteiger charge is -2.21. The zero-order valence-electron chi connectivity index (χ0n) is 16.8. The summed E-state index contributed by atoms with van der Waals surface area (Å²) in [6, 6.07) is 10.6. The summed E-state index contributed by atoms with van der Waals surface area (Å²) in [4.78, 5) is 41.8. The van der Waals surface area contributed by atoms with E-state index >= 15 is 0 Å². The molecular weight excluding hydrogens is 437 g/mol. The number of rotatable bonds is 9. The second-order valence-electron chi connectivity index (χ2n) is 7.42. The molecule has 0 unspecified atom stereocenters. The minimum Gasteiger partial charge on any atom is -0.353 e. The average molecular weight is 460 g/mol. The first kappa shape index (κ1) is 21.7. The van der Waals surface area contributed by atoms with Gasteiger partial charge in [-0.25, -0.2) is 4.39 Å². The van der Waals surface area contributed by atoms with Crippen LogP contribution in [0.1, 0.15) is 23.3 Å². The molecule has 2 aliphatic rings. The third-order valence-corrected chi connectivity index (χ3v) is 6.84. The van der Waals surface area contributed by atoms with Crippen LogP contribution in [0.3, 0.4) is 0 Å². The molecule has 6 nitrogen and oxygen atoms in total. The van der Waals surface area contributed by atoms with Gasteiger partial charge in [-0.1, -0.05) is 24.3 Å². The van der Waals surface area contributed by atoms with E-state index < -0.39 is 17.0 Å². The Labute approximate surface area is 188 Å². The molecule has 3 amide bonds. The fraction of sp³-hybridized carbons (Fsp3) is 0.318. The van der Waals surface area contributed by atoms with Crippen LogP contribution in [0.15, 0.2) is 46.7 Å². The van der Waals surface area contributed by atoms with E-state index in [1.165, 1.54) is 17.0 Å². The van der Waals surface area contributed by atoms with Gasteiger partial charge in [-0.05, 0) is 48.2 Å². The van der Waals surface area contributed by atoms with E-state index in [9.17, 15) is 18.8 Å². The Bertz CT molecular complexity index is 1010. The van der Waals surface area contributed by atoms with Gasteiger partial charge >= 0.3 is 0 Å². The van der Waals surface area contributed by atoms with Gasteiger partial charge in [-0.2, -0.15) is 0 Å². The smallest absolute Gasteiger partial charge is 0.293 e. The highest BCUT2D eigenvalue weighted by Crippen LogP contribution is 2.32. The summed E-state index contributed by atoms with van der Waals surface area (Å²) >= 11 is 2.46. The first-order valence-electron chi connectivity index (χ1n) is 10.0. The van der Waals surface area contributed by atoms with Crippen LogP contribution < -0.4 is 5.32 Å². The predicted molar refractivity (Wildman–Crippen MR) is 120 cm³/mol. The summed E-state index contributed by atoms with van der Waals surface area (Å²) in [5, 5.41) is 4.41. The topological polar surface area (TPSA) is 69.7 Å². The number of hydrogen-bond acceptors (Lipinski definition) is 6. The number of benzene rings is 1. The number of nitrogens with zero attached hydrogens (tertiary/aromatic N) is 2. The third kappa shape index (κ3) is 5.61. The van der Waals surface area contributed by atoms with Gasteiger partial charge in [-0.3, -0.25) is 24.2 Å². The number of carbonyl (C=O) groups excluding carboxylic acids is 3. The largest absolute Gasteiger partial charge is 0.353 e. The van der Waals surface area contributed by atoms with Crippen LogP contribution in [0, 0.1) is 5.82 Å². The van der Waals surface area contributed by atoms with Gasteiger partial charge in [-0.15, -0.1) is 11.3 Å². The normalized spacial score (nSPS) is 17.7. The van der Waals surface area contributed by atoms with Crippen LogP contribution in [-0.2, 0) is 16.1 Å². The van der Waals surface area contributed by atoms with Crippen molar-refractivity contribution in [2.75, 3.05) is 19.6 Å². The molecule has 1 aliphatic heterocycles. The van der Waals surface area contributed by atoms with E-state index in [1.807, 2.05) is 11.4 Å². The Balaban J connectivity index is 1.28. The molecule has 1 saturated carbocycles. The number of halogens is 1. The molecule has 0 spiro atoms. The molecule has 0 bridgehead atoms. The molecule has 1 saturated heterocycles. The van der Waals surface area contributed by atoms with Crippen molar-refractivity contribution in [3.8, 4) is 0 Å². The zero-order valence-corrected chi connectivity index (χ0v) is 18.4. The molecule has 4 rings (SSSR count). The number of nitrogens with one attached hydrogen (secondary N) is 1. The predicted octanol–water partition coefficient (Wildman–Crippen LogP) is 3.70. The molecule has 0 atom stereocenters.